The van der Waals surface area contributed by atoms with E-state index in [9.17, 15) is 4.79 Å². The van der Waals surface area contributed by atoms with Crippen molar-refractivity contribution in [3.8, 4) is 11.5 Å². The number of thiol groups is 1. The number of fused-ring (bicyclic) bond motifs is 1. The van der Waals surface area contributed by atoms with Gasteiger partial charge in [-0.25, -0.2) is 0 Å². The van der Waals surface area contributed by atoms with E-state index in [4.69, 9.17) is 9.47 Å². The summed E-state index contributed by atoms with van der Waals surface area (Å²) in [6.45, 7) is 0.239. The number of nitrogens with zero attached hydrogens (tertiary/aromatic N) is 1. The summed E-state index contributed by atoms with van der Waals surface area (Å²) in [5.74, 6) is 1.51. The normalized spacial score (nSPS) is 12.7. The van der Waals surface area contributed by atoms with E-state index in [-0.39, 0.29) is 18.5 Å². The monoisotopic (exact) mass is 225 g/mol. The zero-order valence-electron chi connectivity index (χ0n) is 8.27. The van der Waals surface area contributed by atoms with Crippen LogP contribution in [0.15, 0.2) is 18.2 Å². The predicted molar refractivity (Wildman–Crippen MR) is 59.8 cm³/mol. The van der Waals surface area contributed by atoms with Crippen molar-refractivity contribution in [2.75, 3.05) is 24.5 Å². The highest BCUT2D eigenvalue weighted by Crippen LogP contribution is 2.35. The van der Waals surface area contributed by atoms with Crippen molar-refractivity contribution in [2.45, 2.75) is 0 Å². The van der Waals surface area contributed by atoms with Crippen LogP contribution in [0.5, 0.6) is 11.5 Å². The van der Waals surface area contributed by atoms with Crippen LogP contribution in [-0.4, -0.2) is 25.5 Å². The van der Waals surface area contributed by atoms with Gasteiger partial charge in [0.2, 0.25) is 12.7 Å². The van der Waals surface area contributed by atoms with E-state index in [0.717, 1.165) is 5.69 Å². The molecule has 0 aliphatic carbocycles. The first-order chi connectivity index (χ1) is 7.22. The van der Waals surface area contributed by atoms with Gasteiger partial charge < -0.3 is 14.4 Å². The second-order valence-corrected chi connectivity index (χ2v) is 3.46. The quantitative estimate of drug-likeness (QED) is 0.771. The Labute approximate surface area is 93.2 Å². The molecule has 0 fully saturated rings. The van der Waals surface area contributed by atoms with Crippen molar-refractivity contribution < 1.29 is 14.3 Å². The maximum atomic E-state index is 11.4. The van der Waals surface area contributed by atoms with Gasteiger partial charge in [0.25, 0.3) is 0 Å². The molecular weight excluding hydrogens is 214 g/mol. The van der Waals surface area contributed by atoms with Crippen LogP contribution in [0.1, 0.15) is 0 Å². The van der Waals surface area contributed by atoms with Crippen LogP contribution in [0.3, 0.4) is 0 Å². The topological polar surface area (TPSA) is 38.8 Å². The molecule has 1 aromatic carbocycles. The Kier molecular flexibility index (Phi) is 2.73. The Morgan fingerprint density at radius 1 is 1.47 bits per heavy atom. The Balaban J connectivity index is 2.26. The largest absolute Gasteiger partial charge is 0.454 e. The third-order valence-corrected chi connectivity index (χ3v) is 2.52. The van der Waals surface area contributed by atoms with Crippen molar-refractivity contribution in [3.63, 3.8) is 0 Å². The summed E-state index contributed by atoms with van der Waals surface area (Å²) >= 11 is 3.94. The molecule has 1 heterocycles. The number of ether oxygens (including phenoxy) is 2. The lowest BCUT2D eigenvalue weighted by molar-refractivity contribution is -0.115. The molecular formula is C10H11NO3S. The first kappa shape index (κ1) is 10.2. The van der Waals surface area contributed by atoms with Gasteiger partial charge in [0.15, 0.2) is 11.5 Å². The summed E-state index contributed by atoms with van der Waals surface area (Å²) in [5.41, 5.74) is 0.776. The summed E-state index contributed by atoms with van der Waals surface area (Å²) in [4.78, 5) is 12.9. The van der Waals surface area contributed by atoms with Crippen LogP contribution in [-0.2, 0) is 4.79 Å². The zero-order chi connectivity index (χ0) is 10.8. The van der Waals surface area contributed by atoms with Crippen molar-refractivity contribution >= 4 is 24.2 Å². The summed E-state index contributed by atoms with van der Waals surface area (Å²) in [7, 11) is 1.70. The number of amides is 1. The molecule has 15 heavy (non-hydrogen) atoms. The van der Waals surface area contributed by atoms with Gasteiger partial charge in [0, 0.05) is 18.8 Å². The van der Waals surface area contributed by atoms with Crippen LogP contribution in [0.25, 0.3) is 0 Å². The Bertz CT molecular complexity index is 394. The molecule has 1 aromatic rings. The molecule has 0 unspecified atom stereocenters. The third kappa shape index (κ3) is 1.87. The first-order valence-corrected chi connectivity index (χ1v) is 5.12. The maximum Gasteiger partial charge on any atom is 0.236 e. The van der Waals surface area contributed by atoms with Gasteiger partial charge in [0.1, 0.15) is 0 Å². The molecule has 1 aliphatic rings. The number of hydrogen-bond donors (Lipinski definition) is 1. The fourth-order valence-corrected chi connectivity index (χ4v) is 1.56. The molecule has 80 valence electrons. The number of benzene rings is 1. The van der Waals surface area contributed by atoms with E-state index >= 15 is 0 Å². The first-order valence-electron chi connectivity index (χ1n) is 4.49. The van der Waals surface area contributed by atoms with E-state index in [1.54, 1.807) is 19.2 Å². The lowest BCUT2D eigenvalue weighted by Gasteiger charge is -2.16. The molecule has 2 rings (SSSR count). The predicted octanol–water partition coefficient (Wildman–Crippen LogP) is 1.31. The lowest BCUT2D eigenvalue weighted by Crippen LogP contribution is -2.27. The Morgan fingerprint density at radius 2 is 2.20 bits per heavy atom. The minimum atomic E-state index is -0.0581. The molecule has 0 saturated carbocycles. The van der Waals surface area contributed by atoms with Gasteiger partial charge in [-0.1, -0.05) is 0 Å². The molecule has 0 radical (unpaired) electrons. The average molecular weight is 225 g/mol. The minimum absolute atomic E-state index is 0.0581. The second-order valence-electron chi connectivity index (χ2n) is 3.15. The number of hydrogen-bond acceptors (Lipinski definition) is 4. The van der Waals surface area contributed by atoms with Crippen molar-refractivity contribution in [1.29, 1.82) is 0 Å². The SMILES string of the molecule is CN(C(=O)CS)c1ccc2c(c1)OCO2. The highest BCUT2D eigenvalue weighted by Gasteiger charge is 2.16. The second kappa shape index (κ2) is 4.02. The minimum Gasteiger partial charge on any atom is -0.454 e. The van der Waals surface area contributed by atoms with Gasteiger partial charge in [0.05, 0.1) is 5.75 Å². The third-order valence-electron chi connectivity index (χ3n) is 2.25. The van der Waals surface area contributed by atoms with Gasteiger partial charge in [-0.05, 0) is 12.1 Å². The highest BCUT2D eigenvalue weighted by molar-refractivity contribution is 7.81. The average Bonchev–Trinajstić information content (AvgIpc) is 2.73. The van der Waals surface area contributed by atoms with Crippen molar-refractivity contribution in [1.82, 2.24) is 0 Å². The molecule has 0 spiro atoms. The lowest BCUT2D eigenvalue weighted by atomic mass is 10.2. The summed E-state index contributed by atoms with van der Waals surface area (Å²) in [5, 5.41) is 0. The fourth-order valence-electron chi connectivity index (χ4n) is 1.34. The summed E-state index contributed by atoms with van der Waals surface area (Å²) < 4.78 is 10.4. The zero-order valence-corrected chi connectivity index (χ0v) is 9.16. The van der Waals surface area contributed by atoms with Crippen LogP contribution < -0.4 is 14.4 Å². The maximum absolute atomic E-state index is 11.4. The highest BCUT2D eigenvalue weighted by atomic mass is 32.1. The van der Waals surface area contributed by atoms with E-state index in [1.165, 1.54) is 4.90 Å². The van der Waals surface area contributed by atoms with Crippen LogP contribution in [0, 0.1) is 0 Å². The van der Waals surface area contributed by atoms with E-state index in [0.29, 0.717) is 11.5 Å². The molecule has 1 amide bonds. The summed E-state index contributed by atoms with van der Waals surface area (Å²) in [6.07, 6.45) is 0. The molecule has 0 saturated heterocycles. The van der Waals surface area contributed by atoms with Crippen molar-refractivity contribution in [2.24, 2.45) is 0 Å². The van der Waals surface area contributed by atoms with Gasteiger partial charge in [-0.15, -0.1) is 0 Å². The van der Waals surface area contributed by atoms with Crippen molar-refractivity contribution in [3.05, 3.63) is 18.2 Å². The Hall–Kier alpha value is -1.36. The van der Waals surface area contributed by atoms with Crippen LogP contribution in [0.4, 0.5) is 5.69 Å². The van der Waals surface area contributed by atoms with E-state index in [1.807, 2.05) is 6.07 Å². The van der Waals surface area contributed by atoms with E-state index in [2.05, 4.69) is 12.6 Å². The van der Waals surface area contributed by atoms with Gasteiger partial charge >= 0.3 is 0 Å². The molecule has 0 N–H and O–H groups in total. The molecule has 0 atom stereocenters. The number of carbonyl (C=O) groups is 1. The molecule has 0 bridgehead atoms. The number of carbonyl (C=O) groups excluding carboxylic acids is 1. The molecule has 1 aliphatic heterocycles. The molecule has 5 heteroatoms. The Morgan fingerprint density at radius 3 is 2.93 bits per heavy atom. The van der Waals surface area contributed by atoms with Gasteiger partial charge in [-0.2, -0.15) is 12.6 Å². The smallest absolute Gasteiger partial charge is 0.236 e. The standard InChI is InChI=1S/C10H11NO3S/c1-11(10(12)5-15)7-2-3-8-9(4-7)14-6-13-8/h2-4,15H,5-6H2,1H3. The molecule has 4 nitrogen and oxygen atoms in total. The number of anilines is 1. The summed E-state index contributed by atoms with van der Waals surface area (Å²) in [6, 6.07) is 5.39. The van der Waals surface area contributed by atoms with Crippen LogP contribution in [0.2, 0.25) is 0 Å². The van der Waals surface area contributed by atoms with Crippen LogP contribution >= 0.6 is 12.6 Å². The van der Waals surface area contributed by atoms with E-state index < -0.39 is 0 Å². The fraction of sp³-hybridized carbons (Fsp3) is 0.300. The molecule has 0 aromatic heterocycles. The van der Waals surface area contributed by atoms with Gasteiger partial charge in [-0.3, -0.25) is 4.79 Å². The number of rotatable bonds is 2.